The highest BCUT2D eigenvalue weighted by atomic mass is 35.5. The van der Waals surface area contributed by atoms with Gasteiger partial charge in [-0.15, -0.1) is 0 Å². The number of sulfonamides is 1. The van der Waals surface area contributed by atoms with Crippen LogP contribution in [0.5, 0.6) is 11.5 Å². The Bertz CT molecular complexity index is 1230. The third kappa shape index (κ3) is 5.40. The van der Waals surface area contributed by atoms with Crippen molar-refractivity contribution in [2.75, 3.05) is 24.0 Å². The van der Waals surface area contributed by atoms with Crippen molar-refractivity contribution in [3.05, 3.63) is 83.4 Å². The van der Waals surface area contributed by atoms with Crippen molar-refractivity contribution in [1.82, 2.24) is 5.32 Å². The van der Waals surface area contributed by atoms with E-state index >= 15 is 0 Å². The highest BCUT2D eigenvalue weighted by molar-refractivity contribution is 7.92. The highest BCUT2D eigenvalue weighted by Gasteiger charge is 2.28. The monoisotopic (exact) mass is 486 g/mol. The Morgan fingerprint density at radius 1 is 1.03 bits per heavy atom. The van der Waals surface area contributed by atoms with Crippen molar-refractivity contribution in [3.8, 4) is 11.5 Å². The molecule has 7 nitrogen and oxygen atoms in total. The SMILES string of the molecule is Cc1ccc(N(CC(=O)NC[C@@H]2COc3ccccc3O2)S(=O)(=O)c2ccc(Cl)cc2)cc1. The molecule has 33 heavy (non-hydrogen) atoms. The fraction of sp³-hybridized carbons (Fsp3) is 0.208. The maximum Gasteiger partial charge on any atom is 0.264 e. The summed E-state index contributed by atoms with van der Waals surface area (Å²) in [6, 6.07) is 20.1. The fourth-order valence-electron chi connectivity index (χ4n) is 3.34. The molecule has 1 heterocycles. The van der Waals surface area contributed by atoms with Gasteiger partial charge in [-0.3, -0.25) is 9.10 Å². The molecule has 1 amide bonds. The van der Waals surface area contributed by atoms with Gasteiger partial charge in [-0.05, 0) is 55.5 Å². The number of aryl methyl sites for hydroxylation is 1. The van der Waals surface area contributed by atoms with E-state index in [1.807, 2.05) is 25.1 Å². The number of amides is 1. The Labute approximate surface area is 197 Å². The molecule has 0 bridgehead atoms. The van der Waals surface area contributed by atoms with Crippen LogP contribution in [0.3, 0.4) is 0 Å². The van der Waals surface area contributed by atoms with E-state index < -0.39 is 22.5 Å². The lowest BCUT2D eigenvalue weighted by atomic mass is 10.2. The summed E-state index contributed by atoms with van der Waals surface area (Å²) in [6.45, 7) is 1.97. The second kappa shape index (κ2) is 9.72. The number of para-hydroxylation sites is 2. The van der Waals surface area contributed by atoms with Crippen molar-refractivity contribution < 1.29 is 22.7 Å². The third-order valence-electron chi connectivity index (χ3n) is 5.11. The molecule has 4 rings (SSSR count). The van der Waals surface area contributed by atoms with Crippen LogP contribution in [0.4, 0.5) is 5.69 Å². The number of ether oxygens (including phenoxy) is 2. The lowest BCUT2D eigenvalue weighted by Crippen LogP contribution is -2.45. The molecule has 1 aliphatic heterocycles. The van der Waals surface area contributed by atoms with Gasteiger partial charge in [-0.25, -0.2) is 8.42 Å². The number of hydrogen-bond donors (Lipinski definition) is 1. The van der Waals surface area contributed by atoms with E-state index in [9.17, 15) is 13.2 Å². The molecule has 0 spiro atoms. The molecule has 0 saturated heterocycles. The Morgan fingerprint density at radius 2 is 1.70 bits per heavy atom. The maximum atomic E-state index is 13.4. The van der Waals surface area contributed by atoms with Gasteiger partial charge in [-0.2, -0.15) is 0 Å². The van der Waals surface area contributed by atoms with Crippen molar-refractivity contribution in [1.29, 1.82) is 0 Å². The van der Waals surface area contributed by atoms with Crippen LogP contribution in [0.25, 0.3) is 0 Å². The second-order valence-electron chi connectivity index (χ2n) is 7.60. The van der Waals surface area contributed by atoms with E-state index in [4.69, 9.17) is 21.1 Å². The predicted molar refractivity (Wildman–Crippen MR) is 127 cm³/mol. The predicted octanol–water partition coefficient (Wildman–Crippen LogP) is 3.80. The van der Waals surface area contributed by atoms with E-state index in [0.717, 1.165) is 9.87 Å². The number of halogens is 1. The Kier molecular flexibility index (Phi) is 6.76. The first-order valence-corrected chi connectivity index (χ1v) is 12.1. The lowest BCUT2D eigenvalue weighted by molar-refractivity contribution is -0.120. The first kappa shape index (κ1) is 22.9. The van der Waals surface area contributed by atoms with Crippen LogP contribution >= 0.6 is 11.6 Å². The number of hydrogen-bond acceptors (Lipinski definition) is 5. The first-order valence-electron chi connectivity index (χ1n) is 10.3. The number of benzene rings is 3. The van der Waals surface area contributed by atoms with Gasteiger partial charge in [0.25, 0.3) is 10.0 Å². The van der Waals surface area contributed by atoms with Gasteiger partial charge in [0.1, 0.15) is 19.3 Å². The Hall–Kier alpha value is -3.23. The Morgan fingerprint density at radius 3 is 2.39 bits per heavy atom. The molecule has 0 saturated carbocycles. The minimum atomic E-state index is -4.00. The van der Waals surface area contributed by atoms with Crippen molar-refractivity contribution in [2.45, 2.75) is 17.9 Å². The molecular weight excluding hydrogens is 464 g/mol. The van der Waals surface area contributed by atoms with Crippen LogP contribution in [-0.2, 0) is 14.8 Å². The van der Waals surface area contributed by atoms with Gasteiger partial charge < -0.3 is 14.8 Å². The molecule has 9 heteroatoms. The minimum absolute atomic E-state index is 0.0425. The molecule has 3 aromatic rings. The number of fused-ring (bicyclic) bond motifs is 1. The molecule has 1 atom stereocenters. The van der Waals surface area contributed by atoms with Crippen LogP contribution in [-0.4, -0.2) is 40.1 Å². The maximum absolute atomic E-state index is 13.4. The van der Waals surface area contributed by atoms with Gasteiger partial charge in [0.15, 0.2) is 11.5 Å². The van der Waals surface area contributed by atoms with E-state index in [-0.39, 0.29) is 24.2 Å². The Balaban J connectivity index is 1.49. The molecule has 3 aromatic carbocycles. The molecule has 1 N–H and O–H groups in total. The van der Waals surface area contributed by atoms with E-state index in [1.54, 1.807) is 30.3 Å². The number of anilines is 1. The average molecular weight is 487 g/mol. The molecule has 0 aliphatic carbocycles. The van der Waals surface area contributed by atoms with Crippen LogP contribution in [0.1, 0.15) is 5.56 Å². The quantitative estimate of drug-likeness (QED) is 0.549. The molecule has 0 radical (unpaired) electrons. The van der Waals surface area contributed by atoms with E-state index in [1.165, 1.54) is 24.3 Å². The average Bonchev–Trinajstić information content (AvgIpc) is 2.82. The van der Waals surface area contributed by atoms with Gasteiger partial charge in [-0.1, -0.05) is 41.4 Å². The van der Waals surface area contributed by atoms with Gasteiger partial charge in [0.2, 0.25) is 5.91 Å². The second-order valence-corrected chi connectivity index (χ2v) is 9.90. The fourth-order valence-corrected chi connectivity index (χ4v) is 4.88. The summed E-state index contributed by atoms with van der Waals surface area (Å²) in [7, 11) is -4.00. The van der Waals surface area contributed by atoms with Crippen molar-refractivity contribution in [3.63, 3.8) is 0 Å². The zero-order valence-electron chi connectivity index (χ0n) is 17.9. The highest BCUT2D eigenvalue weighted by Crippen LogP contribution is 2.30. The number of rotatable bonds is 7. The zero-order valence-corrected chi connectivity index (χ0v) is 19.5. The molecule has 0 unspecified atom stereocenters. The summed E-state index contributed by atoms with van der Waals surface area (Å²) >= 11 is 5.91. The summed E-state index contributed by atoms with van der Waals surface area (Å²) in [6.07, 6.45) is -0.385. The largest absolute Gasteiger partial charge is 0.486 e. The smallest absolute Gasteiger partial charge is 0.264 e. The lowest BCUT2D eigenvalue weighted by Gasteiger charge is -2.27. The number of nitrogens with zero attached hydrogens (tertiary/aromatic N) is 1. The van der Waals surface area contributed by atoms with Gasteiger partial charge >= 0.3 is 0 Å². The summed E-state index contributed by atoms with van der Waals surface area (Å²) in [5, 5.41) is 3.18. The topological polar surface area (TPSA) is 84.9 Å². The van der Waals surface area contributed by atoms with Crippen LogP contribution in [0, 0.1) is 6.92 Å². The normalized spacial score (nSPS) is 15.0. The van der Waals surface area contributed by atoms with Crippen molar-refractivity contribution in [2.24, 2.45) is 0 Å². The summed E-state index contributed by atoms with van der Waals surface area (Å²) in [5.74, 6) is 0.796. The van der Waals surface area contributed by atoms with Crippen LogP contribution < -0.4 is 19.1 Å². The third-order valence-corrected chi connectivity index (χ3v) is 7.15. The van der Waals surface area contributed by atoms with E-state index in [0.29, 0.717) is 22.2 Å². The number of nitrogens with one attached hydrogen (secondary N) is 1. The molecule has 172 valence electrons. The van der Waals surface area contributed by atoms with Crippen molar-refractivity contribution >= 4 is 33.2 Å². The van der Waals surface area contributed by atoms with Gasteiger partial charge in [0, 0.05) is 5.02 Å². The van der Waals surface area contributed by atoms with Gasteiger partial charge in [0.05, 0.1) is 17.1 Å². The first-order chi connectivity index (χ1) is 15.8. The van der Waals surface area contributed by atoms with Crippen LogP contribution in [0.15, 0.2) is 77.7 Å². The summed E-state index contributed by atoms with van der Waals surface area (Å²) in [5.41, 5.74) is 1.36. The molecular formula is C24H23ClN2O5S. The molecule has 0 fully saturated rings. The number of carbonyl (C=O) groups is 1. The number of carbonyl (C=O) groups excluding carboxylic acids is 1. The van der Waals surface area contributed by atoms with E-state index in [2.05, 4.69) is 5.32 Å². The summed E-state index contributed by atoms with van der Waals surface area (Å²) < 4.78 is 39.3. The van der Waals surface area contributed by atoms with Crippen LogP contribution in [0.2, 0.25) is 5.02 Å². The minimum Gasteiger partial charge on any atom is -0.486 e. The standard InChI is InChI=1S/C24H23ClN2O5S/c1-17-6-10-19(11-7-17)27(33(29,30)21-12-8-18(25)9-13-21)15-24(28)26-14-20-16-31-22-4-2-3-5-23(22)32-20/h2-13,20H,14-16H2,1H3,(H,26,28)/t20-/m1/s1. The zero-order chi connectivity index (χ0) is 23.4. The molecule has 1 aliphatic rings. The summed E-state index contributed by atoms with van der Waals surface area (Å²) in [4.78, 5) is 12.8. The molecule has 0 aromatic heterocycles.